The molecule has 1 aromatic carbocycles. The van der Waals surface area contributed by atoms with E-state index in [1.165, 1.54) is 29.7 Å². The summed E-state index contributed by atoms with van der Waals surface area (Å²) in [5.74, 6) is 0. The maximum Gasteiger partial charge on any atom is 0.0969 e. The van der Waals surface area contributed by atoms with E-state index < -0.39 is 0 Å². The molecule has 0 bridgehead atoms. The van der Waals surface area contributed by atoms with Gasteiger partial charge in [0.2, 0.25) is 0 Å². The largest absolute Gasteiger partial charge is 0.348 e. The Morgan fingerprint density at radius 2 is 2.00 bits per heavy atom. The Kier molecular flexibility index (Phi) is 4.13. The number of hydrogen-bond acceptors (Lipinski definition) is 2. The highest BCUT2D eigenvalue weighted by atomic mass is 32.1. The second-order valence-electron chi connectivity index (χ2n) is 4.76. The van der Waals surface area contributed by atoms with Crippen molar-refractivity contribution in [3.05, 3.63) is 29.3 Å². The van der Waals surface area contributed by atoms with Crippen molar-refractivity contribution in [2.45, 2.75) is 39.2 Å². The van der Waals surface area contributed by atoms with Gasteiger partial charge in [0.25, 0.3) is 0 Å². The Bertz CT molecular complexity index is 388. The number of aryl methyl sites for hydroxylation is 2. The van der Waals surface area contributed by atoms with E-state index in [4.69, 9.17) is 12.2 Å². The van der Waals surface area contributed by atoms with Gasteiger partial charge >= 0.3 is 0 Å². The molecule has 3 heteroatoms. The third kappa shape index (κ3) is 3.05. The molecule has 0 aromatic heterocycles. The molecule has 0 amide bonds. The first-order valence-electron chi connectivity index (χ1n) is 6.29. The zero-order valence-electron chi connectivity index (χ0n) is 10.5. The van der Waals surface area contributed by atoms with Crippen LogP contribution in [0.1, 0.15) is 30.4 Å². The van der Waals surface area contributed by atoms with Crippen molar-refractivity contribution in [1.82, 2.24) is 5.32 Å². The molecule has 0 radical (unpaired) electrons. The third-order valence-electron chi connectivity index (χ3n) is 3.36. The smallest absolute Gasteiger partial charge is 0.0969 e. The molecule has 1 unspecified atom stereocenters. The van der Waals surface area contributed by atoms with Gasteiger partial charge in [0.05, 0.1) is 11.0 Å². The quantitative estimate of drug-likeness (QED) is 0.786. The van der Waals surface area contributed by atoms with Gasteiger partial charge in [-0.05, 0) is 44.4 Å². The SMILES string of the molecule is Cc1cccc(C)c1NC(=S)C1CCCCN1. The van der Waals surface area contributed by atoms with Crippen molar-refractivity contribution in [3.63, 3.8) is 0 Å². The molecule has 1 atom stereocenters. The summed E-state index contributed by atoms with van der Waals surface area (Å²) < 4.78 is 0. The Morgan fingerprint density at radius 3 is 2.59 bits per heavy atom. The summed E-state index contributed by atoms with van der Waals surface area (Å²) in [6.45, 7) is 5.32. The second-order valence-corrected chi connectivity index (χ2v) is 5.20. The minimum atomic E-state index is 0.345. The summed E-state index contributed by atoms with van der Waals surface area (Å²) in [6.07, 6.45) is 3.69. The van der Waals surface area contributed by atoms with E-state index in [1.54, 1.807) is 0 Å². The topological polar surface area (TPSA) is 24.1 Å². The number of benzene rings is 1. The van der Waals surface area contributed by atoms with Gasteiger partial charge in [0.1, 0.15) is 0 Å². The van der Waals surface area contributed by atoms with Crippen LogP contribution < -0.4 is 10.6 Å². The summed E-state index contributed by atoms with van der Waals surface area (Å²) >= 11 is 5.50. The van der Waals surface area contributed by atoms with E-state index in [0.29, 0.717) is 6.04 Å². The number of hydrogen-bond donors (Lipinski definition) is 2. The number of para-hydroxylation sites is 1. The maximum absolute atomic E-state index is 5.50. The molecule has 1 aliphatic rings. The molecule has 17 heavy (non-hydrogen) atoms. The van der Waals surface area contributed by atoms with Crippen LogP contribution in [-0.2, 0) is 0 Å². The molecule has 92 valence electrons. The van der Waals surface area contributed by atoms with Gasteiger partial charge in [-0.15, -0.1) is 0 Å². The standard InChI is InChI=1S/C14H20N2S/c1-10-6-5-7-11(2)13(10)16-14(17)12-8-3-4-9-15-12/h5-7,12,15H,3-4,8-9H2,1-2H3,(H,16,17). The van der Waals surface area contributed by atoms with Gasteiger partial charge in [-0.3, -0.25) is 0 Å². The number of anilines is 1. The fourth-order valence-corrected chi connectivity index (χ4v) is 2.60. The Balaban J connectivity index is 2.07. The molecule has 2 N–H and O–H groups in total. The van der Waals surface area contributed by atoms with Gasteiger partial charge < -0.3 is 10.6 Å². The van der Waals surface area contributed by atoms with Crippen LogP contribution in [0.2, 0.25) is 0 Å². The molecular formula is C14H20N2S. The highest BCUT2D eigenvalue weighted by Gasteiger charge is 2.17. The Labute approximate surface area is 109 Å². The number of nitrogens with one attached hydrogen (secondary N) is 2. The summed E-state index contributed by atoms with van der Waals surface area (Å²) in [4.78, 5) is 0.933. The highest BCUT2D eigenvalue weighted by Crippen LogP contribution is 2.20. The minimum absolute atomic E-state index is 0.345. The average molecular weight is 248 g/mol. The Hall–Kier alpha value is -0.930. The van der Waals surface area contributed by atoms with Crippen LogP contribution in [0, 0.1) is 13.8 Å². The zero-order chi connectivity index (χ0) is 12.3. The summed E-state index contributed by atoms with van der Waals surface area (Å²) in [7, 11) is 0. The van der Waals surface area contributed by atoms with Gasteiger partial charge in [0, 0.05) is 5.69 Å². The van der Waals surface area contributed by atoms with Crippen LogP contribution >= 0.6 is 12.2 Å². The molecule has 2 nitrogen and oxygen atoms in total. The number of thiocarbonyl (C=S) groups is 1. The van der Waals surface area contributed by atoms with Crippen LogP contribution in [0.5, 0.6) is 0 Å². The van der Waals surface area contributed by atoms with E-state index in [-0.39, 0.29) is 0 Å². The number of rotatable bonds is 2. The first kappa shape index (κ1) is 12.5. The lowest BCUT2D eigenvalue weighted by molar-refractivity contribution is 0.474. The lowest BCUT2D eigenvalue weighted by Gasteiger charge is -2.25. The number of piperidine rings is 1. The van der Waals surface area contributed by atoms with Crippen LogP contribution in [-0.4, -0.2) is 17.6 Å². The van der Waals surface area contributed by atoms with Gasteiger partial charge in [0.15, 0.2) is 0 Å². The highest BCUT2D eigenvalue weighted by molar-refractivity contribution is 7.80. The van der Waals surface area contributed by atoms with Gasteiger partial charge in [-0.25, -0.2) is 0 Å². The van der Waals surface area contributed by atoms with E-state index in [0.717, 1.165) is 18.0 Å². The van der Waals surface area contributed by atoms with Crippen LogP contribution in [0.15, 0.2) is 18.2 Å². The molecule has 1 aliphatic heterocycles. The molecule has 0 aliphatic carbocycles. The van der Waals surface area contributed by atoms with Crippen molar-refractivity contribution in [3.8, 4) is 0 Å². The molecule has 0 spiro atoms. The van der Waals surface area contributed by atoms with Gasteiger partial charge in [-0.2, -0.15) is 0 Å². The fraction of sp³-hybridized carbons (Fsp3) is 0.500. The lowest BCUT2D eigenvalue weighted by atomic mass is 10.0. The first-order chi connectivity index (χ1) is 8.18. The van der Waals surface area contributed by atoms with Crippen LogP contribution in [0.4, 0.5) is 5.69 Å². The fourth-order valence-electron chi connectivity index (χ4n) is 2.30. The average Bonchev–Trinajstić information content (AvgIpc) is 2.35. The first-order valence-corrected chi connectivity index (χ1v) is 6.70. The predicted octanol–water partition coefficient (Wildman–Crippen LogP) is 3.18. The van der Waals surface area contributed by atoms with Crippen molar-refractivity contribution in [2.24, 2.45) is 0 Å². The second kappa shape index (κ2) is 5.61. The van der Waals surface area contributed by atoms with E-state index in [1.807, 2.05) is 0 Å². The third-order valence-corrected chi connectivity index (χ3v) is 3.74. The van der Waals surface area contributed by atoms with Crippen LogP contribution in [0.3, 0.4) is 0 Å². The predicted molar refractivity (Wildman–Crippen MR) is 77.8 cm³/mol. The van der Waals surface area contributed by atoms with E-state index in [9.17, 15) is 0 Å². The van der Waals surface area contributed by atoms with Crippen LogP contribution in [0.25, 0.3) is 0 Å². The summed E-state index contributed by atoms with van der Waals surface area (Å²) in [5.41, 5.74) is 3.68. The molecule has 1 aromatic rings. The molecular weight excluding hydrogens is 228 g/mol. The van der Waals surface area contributed by atoms with Crippen molar-refractivity contribution >= 4 is 22.9 Å². The van der Waals surface area contributed by atoms with Crippen molar-refractivity contribution in [2.75, 3.05) is 11.9 Å². The molecule has 1 fully saturated rings. The summed E-state index contributed by atoms with van der Waals surface area (Å²) in [5, 5.41) is 6.89. The van der Waals surface area contributed by atoms with E-state index >= 15 is 0 Å². The normalized spacial score (nSPS) is 20.0. The Morgan fingerprint density at radius 1 is 1.29 bits per heavy atom. The van der Waals surface area contributed by atoms with Crippen molar-refractivity contribution in [1.29, 1.82) is 0 Å². The van der Waals surface area contributed by atoms with E-state index in [2.05, 4.69) is 42.7 Å². The maximum atomic E-state index is 5.50. The molecule has 1 heterocycles. The molecule has 2 rings (SSSR count). The summed E-state index contributed by atoms with van der Waals surface area (Å²) in [6, 6.07) is 6.66. The zero-order valence-corrected chi connectivity index (χ0v) is 11.4. The monoisotopic (exact) mass is 248 g/mol. The lowest BCUT2D eigenvalue weighted by Crippen LogP contribution is -2.42. The molecule has 0 saturated carbocycles. The minimum Gasteiger partial charge on any atom is -0.348 e. The molecule has 1 saturated heterocycles. The van der Waals surface area contributed by atoms with Gasteiger partial charge in [-0.1, -0.05) is 36.8 Å². The van der Waals surface area contributed by atoms with Crippen molar-refractivity contribution < 1.29 is 0 Å².